The van der Waals surface area contributed by atoms with E-state index in [1.165, 1.54) is 11.3 Å². The summed E-state index contributed by atoms with van der Waals surface area (Å²) in [5, 5.41) is 0. The Labute approximate surface area is 123 Å². The Morgan fingerprint density at radius 2 is 1.90 bits per heavy atom. The molecule has 0 spiro atoms. The molecule has 0 bridgehead atoms. The van der Waals surface area contributed by atoms with Crippen LogP contribution in [0.1, 0.15) is 11.3 Å². The Bertz CT molecular complexity index is 635. The van der Waals surface area contributed by atoms with E-state index in [1.807, 2.05) is 37.3 Å². The Morgan fingerprint density at radius 3 is 2.55 bits per heavy atom. The van der Waals surface area contributed by atoms with Gasteiger partial charge in [0.05, 0.1) is 6.61 Å². The number of hydrogen-bond donors (Lipinski definition) is 1. The molecule has 0 atom stereocenters. The highest BCUT2D eigenvalue weighted by atomic mass is 32.2. The average molecular weight is 311 g/mol. The van der Waals surface area contributed by atoms with Crippen LogP contribution in [0.2, 0.25) is 0 Å². The van der Waals surface area contributed by atoms with Gasteiger partial charge in [0, 0.05) is 11.4 Å². The van der Waals surface area contributed by atoms with Crippen LogP contribution in [0.25, 0.3) is 0 Å². The topological polar surface area (TPSA) is 55.4 Å². The first-order valence-electron chi connectivity index (χ1n) is 6.32. The molecule has 2 aromatic rings. The molecule has 0 unspecified atom stereocenters. The van der Waals surface area contributed by atoms with Gasteiger partial charge in [-0.3, -0.25) is 0 Å². The molecule has 108 valence electrons. The van der Waals surface area contributed by atoms with Gasteiger partial charge in [0.2, 0.25) is 10.0 Å². The maximum Gasteiger partial charge on any atom is 0.250 e. The molecular formula is C14H17NO3S2. The molecule has 0 aliphatic carbocycles. The van der Waals surface area contributed by atoms with Crippen LogP contribution in [0, 0.1) is 6.92 Å². The predicted octanol–water partition coefficient (Wildman–Crippen LogP) is 2.80. The van der Waals surface area contributed by atoms with Crippen molar-refractivity contribution in [3.8, 4) is 5.75 Å². The van der Waals surface area contributed by atoms with Gasteiger partial charge in [-0.1, -0.05) is 18.2 Å². The summed E-state index contributed by atoms with van der Waals surface area (Å²) in [7, 11) is -3.37. The molecule has 0 aliphatic rings. The molecule has 4 nitrogen and oxygen atoms in total. The summed E-state index contributed by atoms with van der Waals surface area (Å²) in [6.45, 7) is 2.74. The van der Waals surface area contributed by atoms with Crippen molar-refractivity contribution in [3.63, 3.8) is 0 Å². The summed E-state index contributed by atoms with van der Waals surface area (Å²) in [6, 6.07) is 12.9. The van der Waals surface area contributed by atoms with Gasteiger partial charge < -0.3 is 4.74 Å². The van der Waals surface area contributed by atoms with Crippen molar-refractivity contribution < 1.29 is 13.2 Å². The van der Waals surface area contributed by atoms with Crippen molar-refractivity contribution in [2.75, 3.05) is 13.2 Å². The maximum atomic E-state index is 11.9. The molecule has 1 aromatic heterocycles. The van der Waals surface area contributed by atoms with Crippen LogP contribution in [-0.2, 0) is 10.0 Å². The van der Waals surface area contributed by atoms with Crippen LogP contribution in [0.5, 0.6) is 5.75 Å². The van der Waals surface area contributed by atoms with Crippen LogP contribution in [-0.4, -0.2) is 21.6 Å². The number of para-hydroxylation sites is 1. The quantitative estimate of drug-likeness (QED) is 0.800. The third kappa shape index (κ3) is 4.33. The molecule has 0 aliphatic heterocycles. The van der Waals surface area contributed by atoms with Crippen LogP contribution >= 0.6 is 11.3 Å². The zero-order valence-electron chi connectivity index (χ0n) is 11.2. The number of benzene rings is 1. The van der Waals surface area contributed by atoms with Gasteiger partial charge >= 0.3 is 0 Å². The lowest BCUT2D eigenvalue weighted by Crippen LogP contribution is -2.25. The number of aryl methyl sites for hydroxylation is 1. The van der Waals surface area contributed by atoms with E-state index >= 15 is 0 Å². The highest BCUT2D eigenvalue weighted by molar-refractivity contribution is 7.91. The van der Waals surface area contributed by atoms with Gasteiger partial charge in [-0.15, -0.1) is 11.3 Å². The Hall–Kier alpha value is -1.37. The largest absolute Gasteiger partial charge is 0.494 e. The standard InChI is InChI=1S/C14H17NO3S2/c1-12-8-9-14(19-12)20(16,17)15-10-5-11-18-13-6-3-2-4-7-13/h2-4,6-9,15H,5,10-11H2,1H3. The van der Waals surface area contributed by atoms with Gasteiger partial charge in [-0.05, 0) is 37.6 Å². The van der Waals surface area contributed by atoms with Crippen molar-refractivity contribution >= 4 is 21.4 Å². The van der Waals surface area contributed by atoms with Crippen molar-refractivity contribution in [1.29, 1.82) is 0 Å². The molecule has 2 rings (SSSR count). The molecule has 20 heavy (non-hydrogen) atoms. The van der Waals surface area contributed by atoms with Gasteiger partial charge in [0.1, 0.15) is 9.96 Å². The predicted molar refractivity (Wildman–Crippen MR) is 80.8 cm³/mol. The average Bonchev–Trinajstić information content (AvgIpc) is 2.87. The number of thiophene rings is 1. The Balaban J connectivity index is 1.73. The zero-order chi connectivity index (χ0) is 14.4. The number of sulfonamides is 1. The Kier molecular flexibility index (Phi) is 5.17. The minimum absolute atomic E-state index is 0.360. The fraction of sp³-hybridized carbons (Fsp3) is 0.286. The zero-order valence-corrected chi connectivity index (χ0v) is 12.8. The fourth-order valence-corrected chi connectivity index (χ4v) is 4.02. The number of ether oxygens (including phenoxy) is 1. The summed E-state index contributed by atoms with van der Waals surface area (Å²) < 4.78 is 32.3. The van der Waals surface area contributed by atoms with Crippen molar-refractivity contribution in [3.05, 3.63) is 47.3 Å². The minimum Gasteiger partial charge on any atom is -0.494 e. The first kappa shape index (κ1) is 15.0. The second-order valence-corrected chi connectivity index (χ2v) is 7.56. The maximum absolute atomic E-state index is 11.9. The normalized spacial score (nSPS) is 11.4. The van der Waals surface area contributed by atoms with E-state index < -0.39 is 10.0 Å². The lowest BCUT2D eigenvalue weighted by atomic mass is 10.3. The third-order valence-electron chi connectivity index (χ3n) is 2.61. The second kappa shape index (κ2) is 6.88. The van der Waals surface area contributed by atoms with E-state index in [0.717, 1.165) is 10.6 Å². The molecule has 0 radical (unpaired) electrons. The molecule has 0 fully saturated rings. The first-order valence-corrected chi connectivity index (χ1v) is 8.62. The number of nitrogens with one attached hydrogen (secondary N) is 1. The van der Waals surface area contributed by atoms with Gasteiger partial charge in [0.25, 0.3) is 0 Å². The van der Waals surface area contributed by atoms with E-state index in [9.17, 15) is 8.42 Å². The first-order chi connectivity index (χ1) is 9.58. The molecule has 1 heterocycles. The van der Waals surface area contributed by atoms with Crippen molar-refractivity contribution in [2.45, 2.75) is 17.6 Å². The second-order valence-electron chi connectivity index (χ2n) is 4.28. The highest BCUT2D eigenvalue weighted by Gasteiger charge is 2.14. The molecule has 1 aromatic carbocycles. The van der Waals surface area contributed by atoms with Crippen LogP contribution in [0.15, 0.2) is 46.7 Å². The molecule has 6 heteroatoms. The van der Waals surface area contributed by atoms with E-state index in [0.29, 0.717) is 23.8 Å². The summed E-state index contributed by atoms with van der Waals surface area (Å²) in [4.78, 5) is 0.984. The molecule has 1 N–H and O–H groups in total. The molecule has 0 saturated carbocycles. The van der Waals surface area contributed by atoms with Crippen LogP contribution < -0.4 is 9.46 Å². The molecule has 0 saturated heterocycles. The molecule has 0 amide bonds. The van der Waals surface area contributed by atoms with Gasteiger partial charge in [-0.25, -0.2) is 13.1 Å². The Morgan fingerprint density at radius 1 is 1.15 bits per heavy atom. The number of hydrogen-bond acceptors (Lipinski definition) is 4. The van der Waals surface area contributed by atoms with Crippen LogP contribution in [0.3, 0.4) is 0 Å². The van der Waals surface area contributed by atoms with Crippen molar-refractivity contribution in [1.82, 2.24) is 4.72 Å². The summed E-state index contributed by atoms with van der Waals surface area (Å²) in [6.07, 6.45) is 0.623. The van der Waals surface area contributed by atoms with Crippen LogP contribution in [0.4, 0.5) is 0 Å². The summed E-state index contributed by atoms with van der Waals surface area (Å²) in [5.74, 6) is 0.796. The third-order valence-corrected chi connectivity index (χ3v) is 5.56. The number of rotatable bonds is 7. The highest BCUT2D eigenvalue weighted by Crippen LogP contribution is 2.20. The lowest BCUT2D eigenvalue weighted by molar-refractivity contribution is 0.311. The summed E-state index contributed by atoms with van der Waals surface area (Å²) in [5.41, 5.74) is 0. The molecular weight excluding hydrogens is 294 g/mol. The minimum atomic E-state index is -3.37. The van der Waals surface area contributed by atoms with E-state index in [2.05, 4.69) is 4.72 Å². The fourth-order valence-electron chi connectivity index (χ4n) is 1.61. The smallest absolute Gasteiger partial charge is 0.250 e. The van der Waals surface area contributed by atoms with E-state index in [4.69, 9.17) is 4.74 Å². The lowest BCUT2D eigenvalue weighted by Gasteiger charge is -2.07. The van der Waals surface area contributed by atoms with Gasteiger partial charge in [-0.2, -0.15) is 0 Å². The van der Waals surface area contributed by atoms with Gasteiger partial charge in [0.15, 0.2) is 0 Å². The summed E-state index contributed by atoms with van der Waals surface area (Å²) >= 11 is 1.27. The van der Waals surface area contributed by atoms with Crippen molar-refractivity contribution in [2.24, 2.45) is 0 Å². The SMILES string of the molecule is Cc1ccc(S(=O)(=O)NCCCOc2ccccc2)s1. The van der Waals surface area contributed by atoms with E-state index in [-0.39, 0.29) is 0 Å². The monoisotopic (exact) mass is 311 g/mol. The van der Waals surface area contributed by atoms with E-state index in [1.54, 1.807) is 12.1 Å².